The van der Waals surface area contributed by atoms with E-state index in [9.17, 15) is 0 Å². The van der Waals surface area contributed by atoms with Gasteiger partial charge in [-0.05, 0) is 68.6 Å². The zero-order chi connectivity index (χ0) is 15.4. The maximum Gasteiger partial charge on any atom is 0.0683 e. The van der Waals surface area contributed by atoms with Crippen molar-refractivity contribution in [3.63, 3.8) is 0 Å². The molecule has 0 amide bonds. The number of fused-ring (bicyclic) bond motifs is 1. The van der Waals surface area contributed by atoms with Gasteiger partial charge >= 0.3 is 0 Å². The summed E-state index contributed by atoms with van der Waals surface area (Å²) in [6, 6.07) is 0. The summed E-state index contributed by atoms with van der Waals surface area (Å²) in [7, 11) is 0. The highest BCUT2D eigenvalue weighted by Crippen LogP contribution is 2.57. The molecule has 2 saturated carbocycles. The summed E-state index contributed by atoms with van der Waals surface area (Å²) >= 11 is 0. The summed E-state index contributed by atoms with van der Waals surface area (Å²) in [5, 5.41) is 0. The Labute approximate surface area is 132 Å². The largest absolute Gasteiger partial charge is 0.371 e. The fourth-order valence-electron chi connectivity index (χ4n) is 5.50. The van der Waals surface area contributed by atoms with E-state index >= 15 is 0 Å². The highest BCUT2D eigenvalue weighted by Gasteiger charge is 2.58. The summed E-state index contributed by atoms with van der Waals surface area (Å²) in [4.78, 5) is 0. The van der Waals surface area contributed by atoms with Gasteiger partial charge in [0.05, 0.1) is 11.7 Å². The molecule has 0 N–H and O–H groups in total. The van der Waals surface area contributed by atoms with E-state index in [2.05, 4.69) is 41.5 Å². The summed E-state index contributed by atoms with van der Waals surface area (Å²) in [6.07, 6.45) is 9.30. The molecule has 0 aromatic rings. The van der Waals surface area contributed by atoms with Crippen molar-refractivity contribution in [3.05, 3.63) is 0 Å². The minimum atomic E-state index is 0.134. The molecule has 0 aromatic heterocycles. The molecular weight excluding hydrogens is 256 g/mol. The fraction of sp³-hybridized carbons (Fsp3) is 1.00. The number of hydrogen-bond acceptors (Lipinski definition) is 1. The molecule has 1 aliphatic heterocycles. The predicted molar refractivity (Wildman–Crippen MR) is 89.2 cm³/mol. The quantitative estimate of drug-likeness (QED) is 0.604. The van der Waals surface area contributed by atoms with E-state index in [0.717, 1.165) is 29.6 Å². The van der Waals surface area contributed by atoms with Gasteiger partial charge < -0.3 is 4.74 Å². The van der Waals surface area contributed by atoms with Crippen LogP contribution in [0, 0.1) is 35.0 Å². The molecule has 1 nitrogen and oxygen atoms in total. The first-order valence-electron chi connectivity index (χ1n) is 9.36. The second-order valence-electron chi connectivity index (χ2n) is 10.0. The smallest absolute Gasteiger partial charge is 0.0683 e. The molecule has 4 atom stereocenters. The number of rotatable bonds is 1. The molecule has 21 heavy (non-hydrogen) atoms. The molecule has 1 heteroatoms. The fourth-order valence-corrected chi connectivity index (χ4v) is 5.50. The first-order chi connectivity index (χ1) is 9.68. The average Bonchev–Trinajstić information content (AvgIpc) is 2.37. The van der Waals surface area contributed by atoms with Gasteiger partial charge in [-0.3, -0.25) is 0 Å². The van der Waals surface area contributed by atoms with Gasteiger partial charge in [0.25, 0.3) is 0 Å². The Kier molecular flexibility index (Phi) is 3.96. The molecule has 0 aromatic carbocycles. The molecule has 122 valence electrons. The zero-order valence-corrected chi connectivity index (χ0v) is 15.1. The molecule has 3 rings (SSSR count). The Balaban J connectivity index is 1.74. The topological polar surface area (TPSA) is 9.23 Å². The van der Waals surface area contributed by atoms with Crippen LogP contribution < -0.4 is 0 Å². The van der Waals surface area contributed by atoms with Crippen LogP contribution in [0.4, 0.5) is 0 Å². The molecule has 0 radical (unpaired) electrons. The van der Waals surface area contributed by atoms with Crippen LogP contribution in [0.15, 0.2) is 0 Å². The lowest BCUT2D eigenvalue weighted by atomic mass is 9.55. The van der Waals surface area contributed by atoms with Crippen molar-refractivity contribution in [3.8, 4) is 0 Å². The molecule has 3 aliphatic rings. The van der Waals surface area contributed by atoms with E-state index < -0.39 is 0 Å². The molecule has 3 fully saturated rings. The van der Waals surface area contributed by atoms with E-state index in [1.54, 1.807) is 0 Å². The van der Waals surface area contributed by atoms with Crippen LogP contribution in [0.2, 0.25) is 0 Å². The van der Waals surface area contributed by atoms with Crippen molar-refractivity contribution in [1.29, 1.82) is 0 Å². The Bertz CT molecular complexity index is 370. The van der Waals surface area contributed by atoms with Crippen LogP contribution in [0.3, 0.4) is 0 Å². The van der Waals surface area contributed by atoms with Crippen molar-refractivity contribution in [2.75, 3.05) is 0 Å². The van der Waals surface area contributed by atoms with Gasteiger partial charge in [0.2, 0.25) is 0 Å². The van der Waals surface area contributed by atoms with Crippen LogP contribution in [-0.4, -0.2) is 11.7 Å². The second kappa shape index (κ2) is 5.25. The van der Waals surface area contributed by atoms with Gasteiger partial charge in [0.15, 0.2) is 0 Å². The minimum absolute atomic E-state index is 0.134. The Morgan fingerprint density at radius 1 is 0.905 bits per heavy atom. The van der Waals surface area contributed by atoms with Crippen LogP contribution >= 0.6 is 0 Å². The highest BCUT2D eigenvalue weighted by atomic mass is 16.5. The number of ether oxygens (including phenoxy) is 1. The van der Waals surface area contributed by atoms with Crippen molar-refractivity contribution < 1.29 is 4.74 Å². The van der Waals surface area contributed by atoms with Gasteiger partial charge in [0, 0.05) is 5.92 Å². The Morgan fingerprint density at radius 2 is 1.52 bits per heavy atom. The van der Waals surface area contributed by atoms with Crippen molar-refractivity contribution in [2.45, 2.75) is 91.8 Å². The van der Waals surface area contributed by atoms with E-state index in [1.165, 1.54) is 38.5 Å². The van der Waals surface area contributed by atoms with E-state index in [4.69, 9.17) is 4.74 Å². The van der Waals surface area contributed by atoms with E-state index in [-0.39, 0.29) is 5.60 Å². The minimum Gasteiger partial charge on any atom is -0.371 e. The average molecular weight is 293 g/mol. The summed E-state index contributed by atoms with van der Waals surface area (Å²) < 4.78 is 6.32. The van der Waals surface area contributed by atoms with Gasteiger partial charge in [0.1, 0.15) is 0 Å². The maximum absolute atomic E-state index is 6.32. The van der Waals surface area contributed by atoms with Gasteiger partial charge in [-0.15, -0.1) is 0 Å². The van der Waals surface area contributed by atoms with Crippen molar-refractivity contribution >= 4 is 0 Å². The van der Waals surface area contributed by atoms with Gasteiger partial charge in [-0.2, -0.15) is 0 Å². The van der Waals surface area contributed by atoms with Crippen molar-refractivity contribution in [2.24, 2.45) is 35.0 Å². The van der Waals surface area contributed by atoms with Crippen LogP contribution in [0.5, 0.6) is 0 Å². The lowest BCUT2D eigenvalue weighted by Crippen LogP contribution is -2.64. The highest BCUT2D eigenvalue weighted by molar-refractivity contribution is 5.06. The third-order valence-corrected chi connectivity index (χ3v) is 7.08. The SMILES string of the molecule is CC1CCC(C2CC(C(C)(C)C)C3OC(C)(C)C3C2)CC1. The summed E-state index contributed by atoms with van der Waals surface area (Å²) in [5.74, 6) is 4.50. The van der Waals surface area contributed by atoms with Gasteiger partial charge in [-0.1, -0.05) is 40.5 Å². The lowest BCUT2D eigenvalue weighted by molar-refractivity contribution is -0.294. The summed E-state index contributed by atoms with van der Waals surface area (Å²) in [5.41, 5.74) is 0.523. The first kappa shape index (κ1) is 15.8. The maximum atomic E-state index is 6.32. The van der Waals surface area contributed by atoms with Crippen LogP contribution in [-0.2, 0) is 4.74 Å². The first-order valence-corrected chi connectivity index (χ1v) is 9.36. The Hall–Kier alpha value is -0.0400. The standard InChI is InChI=1S/C20H36O/c1-13-7-9-14(10-8-13)15-11-16(19(2,3)4)18-17(12-15)20(5,6)21-18/h13-18H,7-12H2,1-6H3. The molecule has 2 aliphatic carbocycles. The second-order valence-corrected chi connectivity index (χ2v) is 10.0. The van der Waals surface area contributed by atoms with Crippen LogP contribution in [0.1, 0.15) is 80.1 Å². The lowest BCUT2D eigenvalue weighted by Gasteiger charge is -2.62. The van der Waals surface area contributed by atoms with Gasteiger partial charge in [-0.25, -0.2) is 0 Å². The third-order valence-electron chi connectivity index (χ3n) is 7.08. The van der Waals surface area contributed by atoms with E-state index in [1.807, 2.05) is 0 Å². The molecule has 1 saturated heterocycles. The zero-order valence-electron chi connectivity index (χ0n) is 15.1. The Morgan fingerprint density at radius 3 is 2.05 bits per heavy atom. The number of hydrogen-bond donors (Lipinski definition) is 0. The molecular formula is C20H36O. The van der Waals surface area contributed by atoms with Crippen LogP contribution in [0.25, 0.3) is 0 Å². The monoisotopic (exact) mass is 292 g/mol. The summed E-state index contributed by atoms with van der Waals surface area (Å²) in [6.45, 7) is 14.4. The van der Waals surface area contributed by atoms with Crippen molar-refractivity contribution in [1.82, 2.24) is 0 Å². The molecule has 0 spiro atoms. The molecule has 1 heterocycles. The normalized spacial score (nSPS) is 46.6. The predicted octanol–water partition coefficient (Wildman–Crippen LogP) is 5.68. The molecule has 4 unspecified atom stereocenters. The molecule has 0 bridgehead atoms. The third kappa shape index (κ3) is 2.92. The van der Waals surface area contributed by atoms with E-state index in [0.29, 0.717) is 11.5 Å².